The molecule has 0 radical (unpaired) electrons. The summed E-state index contributed by atoms with van der Waals surface area (Å²) >= 11 is 0. The van der Waals surface area contributed by atoms with Crippen LogP contribution in [0, 0.1) is 0 Å². The van der Waals surface area contributed by atoms with Gasteiger partial charge in [0.2, 0.25) is 0 Å². The first-order chi connectivity index (χ1) is 5.93. The van der Waals surface area contributed by atoms with Gasteiger partial charge in [0.15, 0.2) is 0 Å². The normalized spacial score (nSPS) is 13.2. The highest BCUT2D eigenvalue weighted by Gasteiger charge is 2.34. The third-order valence-corrected chi connectivity index (χ3v) is 1.58. The van der Waals surface area contributed by atoms with E-state index < -0.39 is 17.8 Å². The van der Waals surface area contributed by atoms with E-state index in [1.807, 2.05) is 0 Å². The molecular weight excluding hydrogens is 217 g/mol. The first kappa shape index (κ1) is 13.2. The van der Waals surface area contributed by atoms with Crippen molar-refractivity contribution in [1.29, 1.82) is 0 Å². The van der Waals surface area contributed by atoms with Gasteiger partial charge in [0.25, 0.3) is 0 Å². The van der Waals surface area contributed by atoms with Crippen LogP contribution in [-0.4, -0.2) is 4.98 Å². The monoisotopic (exact) mass is 226 g/mol. The van der Waals surface area contributed by atoms with E-state index in [0.29, 0.717) is 0 Å². The molecule has 0 saturated heterocycles. The van der Waals surface area contributed by atoms with Crippen LogP contribution >= 0.6 is 12.4 Å². The molecular formula is C8H10ClF3N2. The topological polar surface area (TPSA) is 38.9 Å². The molecule has 0 aliphatic heterocycles. The van der Waals surface area contributed by atoms with Crippen molar-refractivity contribution in [3.05, 3.63) is 29.6 Å². The Labute approximate surface area is 85.7 Å². The van der Waals surface area contributed by atoms with Crippen LogP contribution in [0.3, 0.4) is 0 Å². The summed E-state index contributed by atoms with van der Waals surface area (Å²) in [6.45, 7) is 1.47. The van der Waals surface area contributed by atoms with Crippen LogP contribution in [0.1, 0.15) is 24.2 Å². The van der Waals surface area contributed by atoms with Crippen molar-refractivity contribution < 1.29 is 13.2 Å². The maximum atomic E-state index is 12.3. The van der Waals surface area contributed by atoms with Gasteiger partial charge in [0, 0.05) is 12.2 Å². The fraction of sp³-hybridized carbons (Fsp3) is 0.375. The molecule has 1 atom stereocenters. The molecule has 0 aliphatic carbocycles. The Morgan fingerprint density at radius 3 is 2.36 bits per heavy atom. The summed E-state index contributed by atoms with van der Waals surface area (Å²) in [6.07, 6.45) is -3.08. The summed E-state index contributed by atoms with van der Waals surface area (Å²) in [4.78, 5) is 3.60. The van der Waals surface area contributed by atoms with Gasteiger partial charge in [-0.05, 0) is 19.1 Å². The summed E-state index contributed by atoms with van der Waals surface area (Å²) in [5.74, 6) is 0. The predicted molar refractivity (Wildman–Crippen MR) is 49.1 cm³/mol. The minimum absolute atomic E-state index is 0. The maximum Gasteiger partial charge on any atom is 0.418 e. The average Bonchev–Trinajstić information content (AvgIpc) is 2.03. The molecule has 0 spiro atoms. The first-order valence-corrected chi connectivity index (χ1v) is 3.70. The summed E-state index contributed by atoms with van der Waals surface area (Å²) in [5, 5.41) is 0. The lowest BCUT2D eigenvalue weighted by Gasteiger charge is -2.13. The van der Waals surface area contributed by atoms with Crippen LogP contribution in [0.5, 0.6) is 0 Å². The predicted octanol–water partition coefficient (Wildman–Crippen LogP) is 2.54. The third-order valence-electron chi connectivity index (χ3n) is 1.58. The highest BCUT2D eigenvalue weighted by atomic mass is 35.5. The van der Waals surface area contributed by atoms with E-state index in [1.54, 1.807) is 0 Å². The summed E-state index contributed by atoms with van der Waals surface area (Å²) < 4.78 is 36.9. The zero-order valence-corrected chi connectivity index (χ0v) is 8.19. The molecule has 0 fully saturated rings. The summed E-state index contributed by atoms with van der Waals surface area (Å²) in [7, 11) is 0. The number of pyridine rings is 1. The van der Waals surface area contributed by atoms with E-state index in [0.717, 1.165) is 6.07 Å². The fourth-order valence-electron chi connectivity index (χ4n) is 1.02. The Bertz CT molecular complexity index is 299. The van der Waals surface area contributed by atoms with Crippen molar-refractivity contribution in [1.82, 2.24) is 4.98 Å². The molecule has 0 aromatic carbocycles. The second kappa shape index (κ2) is 4.61. The number of hydrogen-bond donors (Lipinski definition) is 1. The van der Waals surface area contributed by atoms with Gasteiger partial charge < -0.3 is 5.73 Å². The minimum Gasteiger partial charge on any atom is -0.323 e. The lowest BCUT2D eigenvalue weighted by atomic mass is 10.1. The molecule has 0 bridgehead atoms. The van der Waals surface area contributed by atoms with Gasteiger partial charge >= 0.3 is 6.18 Å². The van der Waals surface area contributed by atoms with Crippen LogP contribution in [0.15, 0.2) is 18.3 Å². The highest BCUT2D eigenvalue weighted by Crippen LogP contribution is 2.32. The van der Waals surface area contributed by atoms with Crippen molar-refractivity contribution >= 4 is 12.4 Å². The van der Waals surface area contributed by atoms with Crippen LogP contribution in [-0.2, 0) is 6.18 Å². The van der Waals surface area contributed by atoms with Gasteiger partial charge in [-0.15, -0.1) is 12.4 Å². The Morgan fingerprint density at radius 2 is 2.00 bits per heavy atom. The second-order valence-corrected chi connectivity index (χ2v) is 2.72. The molecule has 6 heteroatoms. The van der Waals surface area contributed by atoms with Crippen molar-refractivity contribution in [2.75, 3.05) is 0 Å². The molecule has 1 aromatic rings. The van der Waals surface area contributed by atoms with E-state index in [-0.39, 0.29) is 18.1 Å². The molecule has 14 heavy (non-hydrogen) atoms. The number of halogens is 4. The number of aromatic nitrogens is 1. The number of nitrogens with two attached hydrogens (primary N) is 1. The van der Waals surface area contributed by atoms with Crippen LogP contribution in [0.4, 0.5) is 13.2 Å². The zero-order chi connectivity index (χ0) is 10.1. The first-order valence-electron chi connectivity index (χ1n) is 3.70. The van der Waals surface area contributed by atoms with Gasteiger partial charge in [-0.2, -0.15) is 13.2 Å². The van der Waals surface area contributed by atoms with E-state index in [4.69, 9.17) is 5.73 Å². The van der Waals surface area contributed by atoms with E-state index >= 15 is 0 Å². The second-order valence-electron chi connectivity index (χ2n) is 2.72. The fourth-order valence-corrected chi connectivity index (χ4v) is 1.02. The molecule has 1 heterocycles. The lowest BCUT2D eigenvalue weighted by molar-refractivity contribution is -0.138. The maximum absolute atomic E-state index is 12.3. The number of hydrogen-bond acceptors (Lipinski definition) is 2. The molecule has 1 rings (SSSR count). The number of rotatable bonds is 1. The van der Waals surface area contributed by atoms with Crippen molar-refractivity contribution in [3.8, 4) is 0 Å². The largest absolute Gasteiger partial charge is 0.418 e. The van der Waals surface area contributed by atoms with Crippen molar-refractivity contribution in [2.45, 2.75) is 19.1 Å². The average molecular weight is 227 g/mol. The van der Waals surface area contributed by atoms with Gasteiger partial charge in [-0.3, -0.25) is 4.98 Å². The van der Waals surface area contributed by atoms with Crippen LogP contribution in [0.25, 0.3) is 0 Å². The Hall–Kier alpha value is -0.810. The van der Waals surface area contributed by atoms with Gasteiger partial charge in [0.1, 0.15) is 0 Å². The summed E-state index contributed by atoms with van der Waals surface area (Å²) in [5.41, 5.74) is 4.47. The molecule has 0 unspecified atom stereocenters. The van der Waals surface area contributed by atoms with Crippen LogP contribution in [0.2, 0.25) is 0 Å². The molecule has 2 N–H and O–H groups in total. The quantitative estimate of drug-likeness (QED) is 0.799. The molecule has 1 aromatic heterocycles. The van der Waals surface area contributed by atoms with Crippen molar-refractivity contribution in [2.24, 2.45) is 5.73 Å². The minimum atomic E-state index is -4.38. The van der Waals surface area contributed by atoms with Gasteiger partial charge in [-0.1, -0.05) is 0 Å². The molecule has 80 valence electrons. The van der Waals surface area contributed by atoms with Crippen molar-refractivity contribution in [3.63, 3.8) is 0 Å². The van der Waals surface area contributed by atoms with E-state index in [9.17, 15) is 13.2 Å². The summed E-state index contributed by atoms with van der Waals surface area (Å²) in [6, 6.07) is 1.51. The standard InChI is InChI=1S/C8H9F3N2.ClH/c1-5(12)7-6(8(9,10)11)3-2-4-13-7;/h2-5H,12H2,1H3;1H/t5-;/m0./s1. The SMILES string of the molecule is C[C@H](N)c1ncccc1C(F)(F)F.Cl. The number of nitrogens with zero attached hydrogens (tertiary/aromatic N) is 1. The smallest absolute Gasteiger partial charge is 0.323 e. The van der Waals surface area contributed by atoms with Gasteiger partial charge in [-0.25, -0.2) is 0 Å². The third kappa shape index (κ3) is 2.85. The molecule has 2 nitrogen and oxygen atoms in total. The van der Waals surface area contributed by atoms with Crippen LogP contribution < -0.4 is 5.73 Å². The highest BCUT2D eigenvalue weighted by molar-refractivity contribution is 5.85. The lowest BCUT2D eigenvalue weighted by Crippen LogP contribution is -2.16. The Morgan fingerprint density at radius 1 is 1.43 bits per heavy atom. The molecule has 0 amide bonds. The Kier molecular flexibility index (Phi) is 4.35. The molecule has 0 saturated carbocycles. The molecule has 0 aliphatic rings. The number of alkyl halides is 3. The van der Waals surface area contributed by atoms with Gasteiger partial charge in [0.05, 0.1) is 11.3 Å². The zero-order valence-electron chi connectivity index (χ0n) is 7.38. The van der Waals surface area contributed by atoms with E-state index in [1.165, 1.54) is 19.2 Å². The van der Waals surface area contributed by atoms with E-state index in [2.05, 4.69) is 4.98 Å². The Balaban J connectivity index is 0.00000169.